The molecule has 96 valence electrons. The zero-order chi connectivity index (χ0) is 12.3. The molecule has 17 heavy (non-hydrogen) atoms. The average Bonchev–Trinajstić information content (AvgIpc) is 2.76. The number of hydrogen-bond acceptors (Lipinski definition) is 3. The molecule has 0 spiro atoms. The number of carboxylic acid groups (broad SMARTS) is 1. The number of carbonyl (C=O) groups excluding carboxylic acids is 1. The fourth-order valence-electron chi connectivity index (χ4n) is 2.44. The van der Waals surface area contributed by atoms with E-state index in [4.69, 9.17) is 9.84 Å². The summed E-state index contributed by atoms with van der Waals surface area (Å²) < 4.78 is 5.20. The summed E-state index contributed by atoms with van der Waals surface area (Å²) in [6.07, 6.45) is 1.74. The van der Waals surface area contributed by atoms with Crippen molar-refractivity contribution in [2.75, 3.05) is 32.8 Å². The minimum absolute atomic E-state index is 0.0305. The first-order valence-electron chi connectivity index (χ1n) is 6.03. The minimum Gasteiger partial charge on any atom is -0.481 e. The lowest BCUT2D eigenvalue weighted by atomic mass is 10.1. The third-order valence-corrected chi connectivity index (χ3v) is 3.31. The Labute approximate surface area is 100 Å². The van der Waals surface area contributed by atoms with Crippen molar-refractivity contribution in [1.29, 1.82) is 0 Å². The van der Waals surface area contributed by atoms with Crippen molar-refractivity contribution in [3.05, 3.63) is 0 Å². The predicted octanol–water partition coefficient (Wildman–Crippen LogP) is 0.378. The molecular formula is C11H18N2O4. The Morgan fingerprint density at radius 1 is 1.24 bits per heavy atom. The van der Waals surface area contributed by atoms with Crippen LogP contribution in [0.2, 0.25) is 0 Å². The SMILES string of the molecule is O=C(O)CC1CCCN1C(=O)N1CCOCC1. The van der Waals surface area contributed by atoms with Crippen LogP contribution in [0.5, 0.6) is 0 Å². The summed E-state index contributed by atoms with van der Waals surface area (Å²) in [5.74, 6) is -0.836. The van der Waals surface area contributed by atoms with Gasteiger partial charge >= 0.3 is 12.0 Å². The smallest absolute Gasteiger partial charge is 0.320 e. The molecule has 2 rings (SSSR count). The summed E-state index contributed by atoms with van der Waals surface area (Å²) in [7, 11) is 0. The van der Waals surface area contributed by atoms with Crippen LogP contribution >= 0.6 is 0 Å². The molecule has 2 saturated heterocycles. The maximum absolute atomic E-state index is 12.2. The van der Waals surface area contributed by atoms with Crippen molar-refractivity contribution < 1.29 is 19.4 Å². The molecule has 6 nitrogen and oxygen atoms in total. The molecular weight excluding hydrogens is 224 g/mol. The molecule has 0 radical (unpaired) electrons. The highest BCUT2D eigenvalue weighted by Gasteiger charge is 2.33. The predicted molar refractivity (Wildman–Crippen MR) is 59.8 cm³/mol. The van der Waals surface area contributed by atoms with Crippen LogP contribution in [0.15, 0.2) is 0 Å². The molecule has 0 aliphatic carbocycles. The Kier molecular flexibility index (Phi) is 3.83. The Morgan fingerprint density at radius 2 is 1.94 bits per heavy atom. The van der Waals surface area contributed by atoms with Crippen molar-refractivity contribution in [3.63, 3.8) is 0 Å². The van der Waals surface area contributed by atoms with Crippen LogP contribution in [-0.2, 0) is 9.53 Å². The average molecular weight is 242 g/mol. The largest absolute Gasteiger partial charge is 0.481 e. The number of hydrogen-bond donors (Lipinski definition) is 1. The number of urea groups is 1. The fourth-order valence-corrected chi connectivity index (χ4v) is 2.44. The summed E-state index contributed by atoms with van der Waals surface area (Å²) in [4.78, 5) is 26.4. The standard InChI is InChI=1S/C11H18N2O4/c14-10(15)8-9-2-1-3-13(9)11(16)12-4-6-17-7-5-12/h9H,1-8H2,(H,14,15). The first kappa shape index (κ1) is 12.2. The van der Waals surface area contributed by atoms with E-state index in [0.29, 0.717) is 32.8 Å². The molecule has 0 aromatic heterocycles. The zero-order valence-corrected chi connectivity index (χ0v) is 9.80. The lowest BCUT2D eigenvalue weighted by molar-refractivity contribution is -0.138. The van der Waals surface area contributed by atoms with Crippen molar-refractivity contribution in [3.8, 4) is 0 Å². The normalized spacial score (nSPS) is 25.1. The summed E-state index contributed by atoms with van der Waals surface area (Å²) in [6, 6.07) is -0.167. The molecule has 0 aromatic carbocycles. The lowest BCUT2D eigenvalue weighted by Crippen LogP contribution is -2.50. The number of carboxylic acids is 1. The third kappa shape index (κ3) is 2.88. The van der Waals surface area contributed by atoms with Crippen LogP contribution in [0, 0.1) is 0 Å². The van der Waals surface area contributed by atoms with Gasteiger partial charge in [-0.3, -0.25) is 4.79 Å². The number of rotatable bonds is 2. The van der Waals surface area contributed by atoms with E-state index in [9.17, 15) is 9.59 Å². The van der Waals surface area contributed by atoms with E-state index >= 15 is 0 Å². The fraction of sp³-hybridized carbons (Fsp3) is 0.818. The van der Waals surface area contributed by atoms with E-state index in [0.717, 1.165) is 12.8 Å². The Hall–Kier alpha value is -1.30. The van der Waals surface area contributed by atoms with E-state index in [2.05, 4.69) is 0 Å². The van der Waals surface area contributed by atoms with E-state index in [1.165, 1.54) is 0 Å². The molecule has 2 amide bonds. The van der Waals surface area contributed by atoms with E-state index < -0.39 is 5.97 Å². The van der Waals surface area contributed by atoms with E-state index in [1.807, 2.05) is 0 Å². The van der Waals surface area contributed by atoms with Gasteiger partial charge in [-0.1, -0.05) is 0 Å². The number of amides is 2. The van der Waals surface area contributed by atoms with Crippen molar-refractivity contribution in [1.82, 2.24) is 9.80 Å². The molecule has 6 heteroatoms. The Morgan fingerprint density at radius 3 is 2.59 bits per heavy atom. The number of aliphatic carboxylic acids is 1. The number of nitrogens with zero attached hydrogens (tertiary/aromatic N) is 2. The van der Waals surface area contributed by atoms with Gasteiger partial charge in [0, 0.05) is 25.7 Å². The molecule has 1 atom stereocenters. The highest BCUT2D eigenvalue weighted by molar-refractivity contribution is 5.76. The van der Waals surface area contributed by atoms with Crippen LogP contribution in [0.4, 0.5) is 4.79 Å². The highest BCUT2D eigenvalue weighted by atomic mass is 16.5. The molecule has 2 fully saturated rings. The maximum atomic E-state index is 12.2. The summed E-state index contributed by atoms with van der Waals surface area (Å²) in [5, 5.41) is 8.81. The number of ether oxygens (including phenoxy) is 1. The van der Waals surface area contributed by atoms with Gasteiger partial charge in [-0.05, 0) is 12.8 Å². The maximum Gasteiger partial charge on any atom is 0.320 e. The quantitative estimate of drug-likeness (QED) is 0.760. The highest BCUT2D eigenvalue weighted by Crippen LogP contribution is 2.22. The third-order valence-electron chi connectivity index (χ3n) is 3.31. The van der Waals surface area contributed by atoms with Gasteiger partial charge in [0.1, 0.15) is 0 Å². The molecule has 2 heterocycles. The van der Waals surface area contributed by atoms with Gasteiger partial charge in [0.25, 0.3) is 0 Å². The second kappa shape index (κ2) is 5.35. The molecule has 0 bridgehead atoms. The second-order valence-corrected chi connectivity index (χ2v) is 4.47. The molecule has 1 unspecified atom stereocenters. The van der Waals surface area contributed by atoms with Gasteiger partial charge < -0.3 is 19.6 Å². The van der Waals surface area contributed by atoms with Crippen LogP contribution in [-0.4, -0.2) is 65.8 Å². The first-order chi connectivity index (χ1) is 8.18. The Bertz CT molecular complexity index is 302. The van der Waals surface area contributed by atoms with Gasteiger partial charge in [-0.25, -0.2) is 4.79 Å². The van der Waals surface area contributed by atoms with Gasteiger partial charge in [-0.2, -0.15) is 0 Å². The number of carbonyl (C=O) groups is 2. The van der Waals surface area contributed by atoms with Crippen LogP contribution in [0.1, 0.15) is 19.3 Å². The van der Waals surface area contributed by atoms with Gasteiger partial charge in [0.15, 0.2) is 0 Å². The van der Waals surface area contributed by atoms with Crippen molar-refractivity contribution in [2.45, 2.75) is 25.3 Å². The van der Waals surface area contributed by atoms with Crippen molar-refractivity contribution >= 4 is 12.0 Å². The lowest BCUT2D eigenvalue weighted by Gasteiger charge is -2.33. The number of likely N-dealkylation sites (tertiary alicyclic amines) is 1. The summed E-state index contributed by atoms with van der Waals surface area (Å²) in [6.45, 7) is 3.03. The Balaban J connectivity index is 1.94. The van der Waals surface area contributed by atoms with E-state index in [1.54, 1.807) is 9.80 Å². The minimum atomic E-state index is -0.836. The zero-order valence-electron chi connectivity index (χ0n) is 9.80. The second-order valence-electron chi connectivity index (χ2n) is 4.47. The molecule has 2 aliphatic heterocycles. The van der Waals surface area contributed by atoms with Crippen LogP contribution < -0.4 is 0 Å². The van der Waals surface area contributed by atoms with Gasteiger partial charge in [0.2, 0.25) is 0 Å². The first-order valence-corrected chi connectivity index (χ1v) is 6.03. The summed E-state index contributed by atoms with van der Waals surface area (Å²) in [5.41, 5.74) is 0. The van der Waals surface area contributed by atoms with Crippen molar-refractivity contribution in [2.24, 2.45) is 0 Å². The monoisotopic (exact) mass is 242 g/mol. The number of morpholine rings is 1. The molecule has 2 aliphatic rings. The molecule has 0 saturated carbocycles. The van der Waals surface area contributed by atoms with Gasteiger partial charge in [-0.15, -0.1) is 0 Å². The molecule has 1 N–H and O–H groups in total. The van der Waals surface area contributed by atoms with Crippen LogP contribution in [0.25, 0.3) is 0 Å². The topological polar surface area (TPSA) is 70.1 Å². The summed E-state index contributed by atoms with van der Waals surface area (Å²) >= 11 is 0. The molecule has 0 aromatic rings. The van der Waals surface area contributed by atoms with Gasteiger partial charge in [0.05, 0.1) is 19.6 Å². The van der Waals surface area contributed by atoms with E-state index in [-0.39, 0.29) is 18.5 Å². The van der Waals surface area contributed by atoms with Crippen LogP contribution in [0.3, 0.4) is 0 Å².